The van der Waals surface area contributed by atoms with Crippen LogP contribution in [0.3, 0.4) is 0 Å². The average Bonchev–Trinajstić information content (AvgIpc) is 2.51. The molecule has 2 N–H and O–H groups in total. The van der Waals surface area contributed by atoms with Gasteiger partial charge in [0.2, 0.25) is 0 Å². The molecule has 0 saturated carbocycles. The van der Waals surface area contributed by atoms with Gasteiger partial charge in [-0.1, -0.05) is 6.07 Å². The molecule has 0 aliphatic rings. The lowest BCUT2D eigenvalue weighted by Gasteiger charge is -2.25. The van der Waals surface area contributed by atoms with E-state index in [0.717, 1.165) is 25.3 Å². The summed E-state index contributed by atoms with van der Waals surface area (Å²) >= 11 is 0. The molecule has 21 heavy (non-hydrogen) atoms. The number of aromatic nitrogens is 1. The average molecular weight is 285 g/mol. The molecule has 1 aromatic heterocycles. The lowest BCUT2D eigenvalue weighted by molar-refractivity contribution is 0.415. The van der Waals surface area contributed by atoms with E-state index < -0.39 is 0 Å². The molecule has 0 fully saturated rings. The number of anilines is 1. The fourth-order valence-electron chi connectivity index (χ4n) is 2.30. The smallest absolute Gasteiger partial charge is 0.119 e. The maximum atomic E-state index is 5.66. The zero-order valence-electron chi connectivity index (χ0n) is 12.7. The minimum Gasteiger partial charge on any atom is -0.497 e. The molecule has 2 rings (SSSR count). The third-order valence-electron chi connectivity index (χ3n) is 3.37. The van der Waals surface area contributed by atoms with Gasteiger partial charge in [0.25, 0.3) is 0 Å². The van der Waals surface area contributed by atoms with Gasteiger partial charge in [0.05, 0.1) is 7.11 Å². The highest BCUT2D eigenvalue weighted by atomic mass is 16.5. The normalized spacial score (nSPS) is 10.4. The molecule has 0 radical (unpaired) electrons. The zero-order chi connectivity index (χ0) is 15.1. The van der Waals surface area contributed by atoms with Crippen LogP contribution in [0.1, 0.15) is 17.5 Å². The minimum atomic E-state index is 0.693. The van der Waals surface area contributed by atoms with Gasteiger partial charge in [-0.05, 0) is 55.3 Å². The molecule has 0 bridgehead atoms. The molecule has 0 aliphatic heterocycles. The van der Waals surface area contributed by atoms with Gasteiger partial charge in [0.1, 0.15) is 5.75 Å². The predicted molar refractivity (Wildman–Crippen MR) is 86.7 cm³/mol. The first-order valence-electron chi connectivity index (χ1n) is 7.22. The fraction of sp³-hybridized carbons (Fsp3) is 0.353. The Bertz CT molecular complexity index is 554. The van der Waals surface area contributed by atoms with Gasteiger partial charge in [0.15, 0.2) is 0 Å². The molecule has 1 aromatic carbocycles. The van der Waals surface area contributed by atoms with Crippen molar-refractivity contribution in [3.05, 3.63) is 53.9 Å². The van der Waals surface area contributed by atoms with Crippen LogP contribution < -0.4 is 15.4 Å². The van der Waals surface area contributed by atoms with Crippen LogP contribution in [0.2, 0.25) is 0 Å². The molecule has 1 heterocycles. The van der Waals surface area contributed by atoms with Crippen LogP contribution in [0.5, 0.6) is 5.75 Å². The SMILES string of the molecule is COc1ccc(N(CCCN)Cc2cncc(C)c2)cc1. The molecule has 112 valence electrons. The molecule has 0 aliphatic carbocycles. The minimum absolute atomic E-state index is 0.693. The van der Waals surface area contributed by atoms with Crippen molar-refractivity contribution in [1.29, 1.82) is 0 Å². The lowest BCUT2D eigenvalue weighted by atomic mass is 10.2. The second-order valence-electron chi connectivity index (χ2n) is 5.13. The Labute approximate surface area is 126 Å². The van der Waals surface area contributed by atoms with Crippen LogP contribution in [0.25, 0.3) is 0 Å². The number of ether oxygens (including phenoxy) is 1. The van der Waals surface area contributed by atoms with Crippen LogP contribution in [-0.2, 0) is 6.54 Å². The summed E-state index contributed by atoms with van der Waals surface area (Å²) in [4.78, 5) is 6.59. The van der Waals surface area contributed by atoms with E-state index in [1.165, 1.54) is 16.8 Å². The second kappa shape index (κ2) is 7.64. The van der Waals surface area contributed by atoms with Crippen molar-refractivity contribution in [2.45, 2.75) is 19.9 Å². The van der Waals surface area contributed by atoms with Crippen molar-refractivity contribution >= 4 is 5.69 Å². The number of methoxy groups -OCH3 is 1. The van der Waals surface area contributed by atoms with E-state index in [-0.39, 0.29) is 0 Å². The third kappa shape index (κ3) is 4.46. The van der Waals surface area contributed by atoms with E-state index >= 15 is 0 Å². The first-order valence-corrected chi connectivity index (χ1v) is 7.22. The van der Waals surface area contributed by atoms with Crippen molar-refractivity contribution in [2.75, 3.05) is 25.1 Å². The number of rotatable bonds is 7. The molecule has 4 heteroatoms. The van der Waals surface area contributed by atoms with Gasteiger partial charge in [-0.3, -0.25) is 4.98 Å². The Morgan fingerprint density at radius 1 is 1.19 bits per heavy atom. The topological polar surface area (TPSA) is 51.4 Å². The van der Waals surface area contributed by atoms with Crippen molar-refractivity contribution in [1.82, 2.24) is 4.98 Å². The zero-order valence-corrected chi connectivity index (χ0v) is 12.7. The van der Waals surface area contributed by atoms with Gasteiger partial charge in [-0.15, -0.1) is 0 Å². The Hall–Kier alpha value is -2.07. The lowest BCUT2D eigenvalue weighted by Crippen LogP contribution is -2.25. The maximum Gasteiger partial charge on any atom is 0.119 e. The van der Waals surface area contributed by atoms with E-state index in [1.807, 2.05) is 24.5 Å². The predicted octanol–water partition coefficient (Wildman–Crippen LogP) is 2.75. The summed E-state index contributed by atoms with van der Waals surface area (Å²) in [5.41, 5.74) is 9.22. The summed E-state index contributed by atoms with van der Waals surface area (Å²) < 4.78 is 5.22. The van der Waals surface area contributed by atoms with Crippen LogP contribution >= 0.6 is 0 Å². The van der Waals surface area contributed by atoms with Gasteiger partial charge in [-0.25, -0.2) is 0 Å². The molecular formula is C17H23N3O. The van der Waals surface area contributed by atoms with Gasteiger partial charge >= 0.3 is 0 Å². The molecule has 0 atom stereocenters. The molecule has 0 amide bonds. The van der Waals surface area contributed by atoms with Crippen LogP contribution in [-0.4, -0.2) is 25.2 Å². The highest BCUT2D eigenvalue weighted by Crippen LogP contribution is 2.21. The standard InChI is InChI=1S/C17H23N3O/c1-14-10-15(12-19-11-14)13-20(9-3-8-18)16-4-6-17(21-2)7-5-16/h4-7,10-12H,3,8-9,13,18H2,1-2H3. The van der Waals surface area contributed by atoms with Crippen molar-refractivity contribution in [2.24, 2.45) is 5.73 Å². The van der Waals surface area contributed by atoms with Crippen molar-refractivity contribution in [3.8, 4) is 5.75 Å². The molecule has 0 spiro atoms. The largest absolute Gasteiger partial charge is 0.497 e. The van der Waals surface area contributed by atoms with E-state index in [1.54, 1.807) is 7.11 Å². The first kappa shape index (κ1) is 15.3. The summed E-state index contributed by atoms with van der Waals surface area (Å²) in [5, 5.41) is 0. The third-order valence-corrected chi connectivity index (χ3v) is 3.37. The molecular weight excluding hydrogens is 262 g/mol. The Kier molecular flexibility index (Phi) is 5.58. The summed E-state index contributed by atoms with van der Waals surface area (Å²) in [6.07, 6.45) is 4.76. The Morgan fingerprint density at radius 2 is 1.95 bits per heavy atom. The maximum absolute atomic E-state index is 5.66. The highest BCUT2D eigenvalue weighted by molar-refractivity contribution is 5.49. The highest BCUT2D eigenvalue weighted by Gasteiger charge is 2.08. The number of benzene rings is 1. The van der Waals surface area contributed by atoms with Crippen LogP contribution in [0.4, 0.5) is 5.69 Å². The molecule has 2 aromatic rings. The monoisotopic (exact) mass is 285 g/mol. The van der Waals surface area contributed by atoms with E-state index in [9.17, 15) is 0 Å². The summed E-state index contributed by atoms with van der Waals surface area (Å²) in [6, 6.07) is 10.3. The van der Waals surface area contributed by atoms with E-state index in [0.29, 0.717) is 6.54 Å². The number of hydrogen-bond donors (Lipinski definition) is 1. The van der Waals surface area contributed by atoms with Crippen LogP contribution in [0.15, 0.2) is 42.7 Å². The van der Waals surface area contributed by atoms with E-state index in [2.05, 4.69) is 35.0 Å². The van der Waals surface area contributed by atoms with Gasteiger partial charge in [-0.2, -0.15) is 0 Å². The Balaban J connectivity index is 2.16. The van der Waals surface area contributed by atoms with Crippen molar-refractivity contribution < 1.29 is 4.74 Å². The van der Waals surface area contributed by atoms with Crippen molar-refractivity contribution in [3.63, 3.8) is 0 Å². The Morgan fingerprint density at radius 3 is 2.57 bits per heavy atom. The van der Waals surface area contributed by atoms with E-state index in [4.69, 9.17) is 10.5 Å². The first-order chi connectivity index (χ1) is 10.2. The summed E-state index contributed by atoms with van der Waals surface area (Å²) in [7, 11) is 1.68. The molecule has 0 unspecified atom stereocenters. The quantitative estimate of drug-likeness (QED) is 0.850. The molecule has 4 nitrogen and oxygen atoms in total. The second-order valence-corrected chi connectivity index (χ2v) is 5.13. The number of pyridine rings is 1. The number of nitrogens with two attached hydrogens (primary N) is 1. The summed E-state index contributed by atoms with van der Waals surface area (Å²) in [6.45, 7) is 4.52. The molecule has 0 saturated heterocycles. The summed E-state index contributed by atoms with van der Waals surface area (Å²) in [5.74, 6) is 0.870. The van der Waals surface area contributed by atoms with Crippen LogP contribution in [0, 0.1) is 6.92 Å². The number of aryl methyl sites for hydroxylation is 1. The number of nitrogens with zero attached hydrogens (tertiary/aromatic N) is 2. The number of hydrogen-bond acceptors (Lipinski definition) is 4. The van der Waals surface area contributed by atoms with Gasteiger partial charge in [0, 0.05) is 31.2 Å². The van der Waals surface area contributed by atoms with Gasteiger partial charge < -0.3 is 15.4 Å². The fourth-order valence-corrected chi connectivity index (χ4v) is 2.30.